The summed E-state index contributed by atoms with van der Waals surface area (Å²) in [7, 11) is 3.56. The van der Waals surface area contributed by atoms with Gasteiger partial charge in [-0.25, -0.2) is 0 Å². The van der Waals surface area contributed by atoms with E-state index in [0.29, 0.717) is 0 Å². The van der Waals surface area contributed by atoms with E-state index in [2.05, 4.69) is 22.5 Å². The lowest BCUT2D eigenvalue weighted by molar-refractivity contribution is -0.0855. The zero-order valence-electron chi connectivity index (χ0n) is 11.2. The van der Waals surface area contributed by atoms with Crippen molar-refractivity contribution >= 4 is 5.96 Å². The first kappa shape index (κ1) is 14.3. The largest absolute Gasteiger partial charge is 0.381 e. The average molecular weight is 243 g/mol. The Bertz CT molecular complexity index is 238. The van der Waals surface area contributed by atoms with Gasteiger partial charge in [0.05, 0.1) is 5.60 Å². The molecule has 2 N–H and O–H groups in total. The Labute approximate surface area is 104 Å². The van der Waals surface area contributed by atoms with Crippen LogP contribution < -0.4 is 10.6 Å². The van der Waals surface area contributed by atoms with Crippen molar-refractivity contribution in [3.05, 3.63) is 0 Å². The molecule has 0 spiro atoms. The molecular formula is C12H25N3O2. The quantitative estimate of drug-likeness (QED) is 0.553. The molecule has 17 heavy (non-hydrogen) atoms. The maximum absolute atomic E-state index is 5.65. The molecule has 1 saturated heterocycles. The topological polar surface area (TPSA) is 54.9 Å². The van der Waals surface area contributed by atoms with Crippen molar-refractivity contribution in [3.63, 3.8) is 0 Å². The molecule has 5 nitrogen and oxygen atoms in total. The van der Waals surface area contributed by atoms with Gasteiger partial charge in [0, 0.05) is 53.3 Å². The van der Waals surface area contributed by atoms with Crippen LogP contribution in [-0.4, -0.2) is 52.0 Å². The molecule has 1 rings (SSSR count). The monoisotopic (exact) mass is 243 g/mol. The third-order valence-electron chi connectivity index (χ3n) is 3.18. The van der Waals surface area contributed by atoms with Gasteiger partial charge in [-0.3, -0.25) is 4.99 Å². The van der Waals surface area contributed by atoms with Crippen LogP contribution in [0.1, 0.15) is 26.2 Å². The van der Waals surface area contributed by atoms with Crippen molar-refractivity contribution in [1.82, 2.24) is 10.6 Å². The predicted octanol–water partition coefficient (Wildman–Crippen LogP) is 0.757. The van der Waals surface area contributed by atoms with Gasteiger partial charge in [0.15, 0.2) is 5.96 Å². The molecule has 1 fully saturated rings. The summed E-state index contributed by atoms with van der Waals surface area (Å²) < 4.78 is 11.0. The third-order valence-corrected chi connectivity index (χ3v) is 3.18. The standard InChI is InChI=1S/C12H25N3O2/c1-4-7-14-11(13-2)15-10-12(16-3)5-8-17-9-6-12/h4-10H2,1-3H3,(H2,13,14,15). The lowest BCUT2D eigenvalue weighted by Crippen LogP contribution is -2.50. The van der Waals surface area contributed by atoms with Crippen LogP contribution in [-0.2, 0) is 9.47 Å². The molecule has 0 amide bonds. The molecule has 0 aliphatic carbocycles. The normalized spacial score (nSPS) is 20.1. The summed E-state index contributed by atoms with van der Waals surface area (Å²) >= 11 is 0. The van der Waals surface area contributed by atoms with E-state index in [4.69, 9.17) is 9.47 Å². The van der Waals surface area contributed by atoms with Gasteiger partial charge in [-0.2, -0.15) is 0 Å². The second kappa shape index (κ2) is 7.50. The maximum Gasteiger partial charge on any atom is 0.191 e. The van der Waals surface area contributed by atoms with E-state index < -0.39 is 0 Å². The van der Waals surface area contributed by atoms with Gasteiger partial charge in [-0.15, -0.1) is 0 Å². The highest BCUT2D eigenvalue weighted by molar-refractivity contribution is 5.79. The number of methoxy groups -OCH3 is 1. The Morgan fingerprint density at radius 1 is 1.35 bits per heavy atom. The summed E-state index contributed by atoms with van der Waals surface area (Å²) in [5, 5.41) is 6.58. The molecule has 0 aromatic rings. The Morgan fingerprint density at radius 2 is 2.06 bits per heavy atom. The minimum Gasteiger partial charge on any atom is -0.381 e. The molecule has 0 radical (unpaired) electrons. The van der Waals surface area contributed by atoms with Crippen molar-refractivity contribution in [3.8, 4) is 0 Å². The number of hydrogen-bond acceptors (Lipinski definition) is 3. The summed E-state index contributed by atoms with van der Waals surface area (Å²) in [6.07, 6.45) is 2.95. The average Bonchev–Trinajstić information content (AvgIpc) is 2.40. The summed E-state index contributed by atoms with van der Waals surface area (Å²) in [6.45, 7) is 5.39. The number of hydrogen-bond donors (Lipinski definition) is 2. The van der Waals surface area contributed by atoms with E-state index in [9.17, 15) is 0 Å². The fourth-order valence-electron chi connectivity index (χ4n) is 1.91. The van der Waals surface area contributed by atoms with Crippen LogP contribution in [0, 0.1) is 0 Å². The number of aliphatic imine (C=N–C) groups is 1. The fourth-order valence-corrected chi connectivity index (χ4v) is 1.91. The Balaban J connectivity index is 2.40. The van der Waals surface area contributed by atoms with Crippen molar-refractivity contribution in [2.75, 3.05) is 40.5 Å². The molecule has 0 atom stereocenters. The molecule has 0 unspecified atom stereocenters. The second-order valence-corrected chi connectivity index (χ2v) is 4.35. The Morgan fingerprint density at radius 3 is 2.59 bits per heavy atom. The first-order valence-electron chi connectivity index (χ1n) is 6.34. The molecule has 0 saturated carbocycles. The number of nitrogens with one attached hydrogen (secondary N) is 2. The summed E-state index contributed by atoms with van der Waals surface area (Å²) in [5.74, 6) is 0.842. The number of ether oxygens (including phenoxy) is 2. The summed E-state index contributed by atoms with van der Waals surface area (Å²) in [6, 6.07) is 0. The first-order chi connectivity index (χ1) is 8.26. The fraction of sp³-hybridized carbons (Fsp3) is 0.917. The first-order valence-corrected chi connectivity index (χ1v) is 6.34. The van der Waals surface area contributed by atoms with E-state index in [0.717, 1.165) is 51.5 Å². The molecular weight excluding hydrogens is 218 g/mol. The number of rotatable bonds is 5. The predicted molar refractivity (Wildman–Crippen MR) is 69.4 cm³/mol. The highest BCUT2D eigenvalue weighted by Gasteiger charge is 2.32. The molecule has 1 heterocycles. The van der Waals surface area contributed by atoms with Crippen LogP contribution in [0.4, 0.5) is 0 Å². The van der Waals surface area contributed by atoms with Crippen LogP contribution in [0.15, 0.2) is 4.99 Å². The van der Waals surface area contributed by atoms with E-state index >= 15 is 0 Å². The molecule has 100 valence electrons. The Hall–Kier alpha value is -0.810. The summed E-state index contributed by atoms with van der Waals surface area (Å²) in [4.78, 5) is 4.18. The van der Waals surface area contributed by atoms with E-state index in [1.54, 1.807) is 14.2 Å². The molecule has 1 aliphatic heterocycles. The third kappa shape index (κ3) is 4.52. The van der Waals surface area contributed by atoms with Crippen molar-refractivity contribution in [2.45, 2.75) is 31.8 Å². The van der Waals surface area contributed by atoms with Gasteiger partial charge in [-0.1, -0.05) is 6.92 Å². The number of guanidine groups is 1. The molecule has 0 aromatic heterocycles. The highest BCUT2D eigenvalue weighted by atomic mass is 16.5. The van der Waals surface area contributed by atoms with Gasteiger partial charge in [0.1, 0.15) is 0 Å². The van der Waals surface area contributed by atoms with Crippen LogP contribution in [0.25, 0.3) is 0 Å². The molecule has 0 bridgehead atoms. The van der Waals surface area contributed by atoms with Gasteiger partial charge in [-0.05, 0) is 6.42 Å². The maximum atomic E-state index is 5.65. The lowest BCUT2D eigenvalue weighted by atomic mass is 9.94. The van der Waals surface area contributed by atoms with Crippen molar-refractivity contribution in [1.29, 1.82) is 0 Å². The number of nitrogens with zero attached hydrogens (tertiary/aromatic N) is 1. The minimum absolute atomic E-state index is 0.109. The van der Waals surface area contributed by atoms with Crippen LogP contribution in [0.3, 0.4) is 0 Å². The van der Waals surface area contributed by atoms with E-state index in [1.165, 1.54) is 0 Å². The molecule has 1 aliphatic rings. The van der Waals surface area contributed by atoms with Crippen LogP contribution >= 0.6 is 0 Å². The van der Waals surface area contributed by atoms with E-state index in [-0.39, 0.29) is 5.60 Å². The zero-order chi connectivity index (χ0) is 12.6. The van der Waals surface area contributed by atoms with Gasteiger partial charge in [0.25, 0.3) is 0 Å². The van der Waals surface area contributed by atoms with E-state index in [1.807, 2.05) is 0 Å². The summed E-state index contributed by atoms with van der Waals surface area (Å²) in [5.41, 5.74) is -0.109. The van der Waals surface area contributed by atoms with Crippen LogP contribution in [0.2, 0.25) is 0 Å². The van der Waals surface area contributed by atoms with Gasteiger partial charge >= 0.3 is 0 Å². The SMILES string of the molecule is CCCNC(=NC)NCC1(OC)CCOCC1. The van der Waals surface area contributed by atoms with Crippen LogP contribution in [0.5, 0.6) is 0 Å². The second-order valence-electron chi connectivity index (χ2n) is 4.35. The zero-order valence-corrected chi connectivity index (χ0v) is 11.2. The molecule has 5 heteroatoms. The van der Waals surface area contributed by atoms with Crippen molar-refractivity contribution in [2.24, 2.45) is 4.99 Å². The molecule has 0 aromatic carbocycles. The Kier molecular flexibility index (Phi) is 6.29. The minimum atomic E-state index is -0.109. The van der Waals surface area contributed by atoms with Gasteiger partial charge in [0.2, 0.25) is 0 Å². The van der Waals surface area contributed by atoms with Gasteiger partial charge < -0.3 is 20.1 Å². The lowest BCUT2D eigenvalue weighted by Gasteiger charge is -2.36. The smallest absolute Gasteiger partial charge is 0.191 e. The van der Waals surface area contributed by atoms with Crippen molar-refractivity contribution < 1.29 is 9.47 Å². The highest BCUT2D eigenvalue weighted by Crippen LogP contribution is 2.23.